The van der Waals surface area contributed by atoms with Gasteiger partial charge in [0.25, 0.3) is 0 Å². The van der Waals surface area contributed by atoms with E-state index in [1.807, 2.05) is 18.2 Å². The van der Waals surface area contributed by atoms with Gasteiger partial charge >= 0.3 is 0 Å². The minimum Gasteiger partial charge on any atom is -0.495 e. The molecule has 0 spiro atoms. The Morgan fingerprint density at radius 3 is 2.68 bits per heavy atom. The van der Waals surface area contributed by atoms with Crippen molar-refractivity contribution in [1.29, 1.82) is 5.26 Å². The van der Waals surface area contributed by atoms with Gasteiger partial charge in [0.15, 0.2) is 0 Å². The summed E-state index contributed by atoms with van der Waals surface area (Å²) >= 11 is 0. The summed E-state index contributed by atoms with van der Waals surface area (Å²) in [5.74, 6) is 1.59. The first kappa shape index (κ1) is 24.2. The summed E-state index contributed by atoms with van der Waals surface area (Å²) in [6, 6.07) is 8.88. The summed E-state index contributed by atoms with van der Waals surface area (Å²) < 4.78 is 25.0. The SMILES string of the molecule is COc1cc(P2(=O)CCN(C3CC3)CC2)ccc1Nc1nc(NC2CCOCC2)c2c(C#N)c[nH]c2n1. The third-order valence-corrected chi connectivity index (χ3v) is 10.7. The van der Waals surface area contributed by atoms with E-state index < -0.39 is 7.14 Å². The largest absolute Gasteiger partial charge is 0.495 e. The molecule has 3 fully saturated rings. The van der Waals surface area contributed by atoms with Crippen LogP contribution in [0.5, 0.6) is 5.75 Å². The highest BCUT2D eigenvalue weighted by Crippen LogP contribution is 2.49. The van der Waals surface area contributed by atoms with Gasteiger partial charge in [-0.1, -0.05) is 0 Å². The van der Waals surface area contributed by atoms with Crippen LogP contribution in [0.3, 0.4) is 0 Å². The van der Waals surface area contributed by atoms with E-state index in [0.717, 1.165) is 31.2 Å². The summed E-state index contributed by atoms with van der Waals surface area (Å²) in [6.45, 7) is 3.20. The number of nitrogens with one attached hydrogen (secondary N) is 3. The Hall–Kier alpha value is -3.12. The van der Waals surface area contributed by atoms with Gasteiger partial charge < -0.3 is 29.7 Å². The first-order valence-corrected chi connectivity index (χ1v) is 15.1. The lowest BCUT2D eigenvalue weighted by Crippen LogP contribution is -2.38. The fourth-order valence-corrected chi connectivity index (χ4v) is 7.94. The first-order chi connectivity index (χ1) is 18.1. The Morgan fingerprint density at radius 1 is 1.19 bits per heavy atom. The number of hydrogen-bond donors (Lipinski definition) is 3. The van der Waals surface area contributed by atoms with Crippen molar-refractivity contribution in [3.8, 4) is 11.8 Å². The molecule has 37 heavy (non-hydrogen) atoms. The zero-order chi connectivity index (χ0) is 25.4. The van der Waals surface area contributed by atoms with E-state index >= 15 is 0 Å². The van der Waals surface area contributed by atoms with Crippen molar-refractivity contribution < 1.29 is 14.0 Å². The van der Waals surface area contributed by atoms with Gasteiger partial charge in [-0.3, -0.25) is 4.90 Å². The maximum Gasteiger partial charge on any atom is 0.231 e. The molecular weight excluding hydrogens is 489 g/mol. The number of aromatic amines is 1. The van der Waals surface area contributed by atoms with E-state index in [4.69, 9.17) is 14.5 Å². The predicted octanol–water partition coefficient (Wildman–Crippen LogP) is 3.64. The highest BCUT2D eigenvalue weighted by Gasteiger charge is 2.37. The first-order valence-electron chi connectivity index (χ1n) is 13.0. The number of benzene rings is 1. The monoisotopic (exact) mass is 521 g/mol. The molecule has 0 bridgehead atoms. The van der Waals surface area contributed by atoms with Crippen LogP contribution < -0.4 is 20.7 Å². The van der Waals surface area contributed by atoms with E-state index in [1.54, 1.807) is 13.3 Å². The van der Waals surface area contributed by atoms with E-state index in [9.17, 15) is 9.83 Å². The number of ether oxygens (including phenoxy) is 2. The van der Waals surface area contributed by atoms with Gasteiger partial charge in [-0.2, -0.15) is 15.2 Å². The molecule has 1 saturated carbocycles. The Balaban J connectivity index is 1.27. The minimum absolute atomic E-state index is 0.207. The molecule has 3 aliphatic rings. The Labute approximate surface area is 216 Å². The second kappa shape index (κ2) is 9.97. The van der Waals surface area contributed by atoms with E-state index in [1.165, 1.54) is 12.8 Å². The van der Waals surface area contributed by atoms with Crippen LogP contribution in [0.4, 0.5) is 17.5 Å². The fourth-order valence-electron chi connectivity index (χ4n) is 5.34. The number of nitrogens with zero attached hydrogens (tertiary/aromatic N) is 4. The van der Waals surface area contributed by atoms with Gasteiger partial charge in [0, 0.05) is 62.2 Å². The average Bonchev–Trinajstić information content (AvgIpc) is 3.69. The molecule has 3 aromatic rings. The molecule has 0 unspecified atom stereocenters. The fraction of sp³-hybridized carbons (Fsp3) is 0.500. The van der Waals surface area contributed by atoms with Crippen LogP contribution in [-0.2, 0) is 9.30 Å². The second-order valence-electron chi connectivity index (χ2n) is 10.1. The second-order valence-corrected chi connectivity index (χ2v) is 13.3. The number of anilines is 3. The van der Waals surface area contributed by atoms with Crippen LogP contribution in [0.2, 0.25) is 0 Å². The lowest BCUT2D eigenvalue weighted by Gasteiger charge is -2.32. The van der Waals surface area contributed by atoms with Crippen molar-refractivity contribution in [2.24, 2.45) is 0 Å². The summed E-state index contributed by atoms with van der Waals surface area (Å²) in [5, 5.41) is 17.9. The molecule has 194 valence electrons. The van der Waals surface area contributed by atoms with Crippen molar-refractivity contribution in [2.45, 2.75) is 37.8 Å². The number of nitriles is 1. The summed E-state index contributed by atoms with van der Waals surface area (Å²) in [4.78, 5) is 14.9. The molecule has 2 aliphatic heterocycles. The smallest absolute Gasteiger partial charge is 0.231 e. The number of hydrogen-bond acceptors (Lipinski definition) is 9. The van der Waals surface area contributed by atoms with Crippen LogP contribution in [-0.4, -0.2) is 77.7 Å². The third kappa shape index (κ3) is 4.91. The lowest BCUT2D eigenvalue weighted by molar-refractivity contribution is 0.0904. The average molecular weight is 522 g/mol. The molecule has 3 N–H and O–H groups in total. The van der Waals surface area contributed by atoms with Crippen molar-refractivity contribution in [2.75, 3.05) is 56.4 Å². The summed E-state index contributed by atoms with van der Waals surface area (Å²) in [7, 11) is -0.843. The normalized spacial score (nSPS) is 20.4. The molecule has 1 aliphatic carbocycles. The van der Waals surface area contributed by atoms with Gasteiger partial charge in [0.2, 0.25) is 5.95 Å². The third-order valence-electron chi connectivity index (χ3n) is 7.68. The van der Waals surface area contributed by atoms with Crippen LogP contribution in [0.1, 0.15) is 31.2 Å². The van der Waals surface area contributed by atoms with Crippen molar-refractivity contribution in [1.82, 2.24) is 19.9 Å². The number of fused-ring (bicyclic) bond motifs is 1. The molecule has 2 saturated heterocycles. The van der Waals surface area contributed by atoms with Crippen molar-refractivity contribution in [3.63, 3.8) is 0 Å². The van der Waals surface area contributed by atoms with Crippen LogP contribution in [0, 0.1) is 11.3 Å². The molecule has 10 nitrogen and oxygen atoms in total. The van der Waals surface area contributed by atoms with Crippen LogP contribution in [0.15, 0.2) is 24.4 Å². The Morgan fingerprint density at radius 2 is 1.97 bits per heavy atom. The molecule has 1 aromatic carbocycles. The number of rotatable bonds is 7. The Bertz CT molecular complexity index is 1380. The molecular formula is C26H32N7O3P. The zero-order valence-corrected chi connectivity index (χ0v) is 21.9. The number of methoxy groups -OCH3 is 1. The van der Waals surface area contributed by atoms with Crippen LogP contribution in [0.25, 0.3) is 11.0 Å². The zero-order valence-electron chi connectivity index (χ0n) is 21.0. The highest BCUT2D eigenvalue weighted by molar-refractivity contribution is 7.71. The maximum atomic E-state index is 13.8. The van der Waals surface area contributed by atoms with Crippen LogP contribution >= 0.6 is 7.14 Å². The lowest BCUT2D eigenvalue weighted by atomic mass is 10.1. The molecule has 0 amide bonds. The predicted molar refractivity (Wildman–Crippen MR) is 144 cm³/mol. The van der Waals surface area contributed by atoms with Gasteiger partial charge in [0.05, 0.1) is 23.7 Å². The number of H-pyrrole nitrogens is 1. The van der Waals surface area contributed by atoms with E-state index in [-0.39, 0.29) is 6.04 Å². The number of aromatic nitrogens is 3. The van der Waals surface area contributed by atoms with Crippen molar-refractivity contribution >= 4 is 40.9 Å². The molecule has 11 heteroatoms. The summed E-state index contributed by atoms with van der Waals surface area (Å²) in [5.41, 5.74) is 1.76. The van der Waals surface area contributed by atoms with Gasteiger partial charge in [-0.15, -0.1) is 0 Å². The molecule has 0 atom stereocenters. The topological polar surface area (TPSA) is 128 Å². The van der Waals surface area contributed by atoms with E-state index in [2.05, 4.69) is 31.6 Å². The molecule has 6 rings (SSSR count). The van der Waals surface area contributed by atoms with E-state index in [0.29, 0.717) is 71.4 Å². The Kier molecular flexibility index (Phi) is 6.53. The molecule has 2 aromatic heterocycles. The molecule has 0 radical (unpaired) electrons. The van der Waals surface area contributed by atoms with Gasteiger partial charge in [-0.25, -0.2) is 0 Å². The maximum absolute atomic E-state index is 13.8. The highest BCUT2D eigenvalue weighted by atomic mass is 31.2. The minimum atomic E-state index is -2.46. The molecule has 4 heterocycles. The van der Waals surface area contributed by atoms with Gasteiger partial charge in [-0.05, 0) is 43.9 Å². The summed E-state index contributed by atoms with van der Waals surface area (Å²) in [6.07, 6.45) is 7.38. The van der Waals surface area contributed by atoms with Crippen molar-refractivity contribution in [3.05, 3.63) is 30.0 Å². The van der Waals surface area contributed by atoms with Gasteiger partial charge in [0.1, 0.15) is 30.4 Å². The standard InChI is InChI=1S/C26H32N7O3P/c1-35-22-14-20(37(34)12-8-33(9-13-37)19-2-3-19)4-5-21(22)30-26-31-24-23(17(15-27)16-28-24)25(32-26)29-18-6-10-36-11-7-18/h4-5,14,16,18-19H,2-3,6-13H2,1H3,(H3,28,29,30,31,32). The quantitative estimate of drug-likeness (QED) is 0.399.